The van der Waals surface area contributed by atoms with E-state index in [4.69, 9.17) is 0 Å². The van der Waals surface area contributed by atoms with Crippen molar-refractivity contribution >= 4 is 16.8 Å². The highest BCUT2D eigenvalue weighted by Gasteiger charge is 2.35. The third-order valence-corrected chi connectivity index (χ3v) is 4.83. The van der Waals surface area contributed by atoms with Gasteiger partial charge in [-0.1, -0.05) is 18.2 Å². The Hall–Kier alpha value is -3.06. The summed E-state index contributed by atoms with van der Waals surface area (Å²) in [6.45, 7) is 0.579. The molecule has 2 aromatic heterocycles. The van der Waals surface area contributed by atoms with Crippen molar-refractivity contribution in [3.8, 4) is 0 Å². The quantitative estimate of drug-likeness (QED) is 0.734. The lowest BCUT2D eigenvalue weighted by Gasteiger charge is -2.16. The first-order chi connectivity index (χ1) is 12.6. The Morgan fingerprint density at radius 2 is 2.04 bits per heavy atom. The van der Waals surface area contributed by atoms with Gasteiger partial charge in [0.25, 0.3) is 11.5 Å². The summed E-state index contributed by atoms with van der Waals surface area (Å²) < 4.78 is 0. The van der Waals surface area contributed by atoms with Crippen LogP contribution < -0.4 is 5.56 Å². The summed E-state index contributed by atoms with van der Waals surface area (Å²) in [5.41, 5.74) is 1.33. The predicted octanol–water partition coefficient (Wildman–Crippen LogP) is 0.994. The molecule has 1 aliphatic rings. The number of para-hydroxylation sites is 1. The van der Waals surface area contributed by atoms with Gasteiger partial charge in [-0.05, 0) is 24.1 Å². The van der Waals surface area contributed by atoms with Crippen molar-refractivity contribution in [3.05, 3.63) is 70.5 Å². The van der Waals surface area contributed by atoms with Gasteiger partial charge in [0.1, 0.15) is 0 Å². The largest absolute Gasteiger partial charge is 0.391 e. The molecule has 1 aromatic carbocycles. The van der Waals surface area contributed by atoms with Crippen LogP contribution in [0.25, 0.3) is 10.9 Å². The fraction of sp³-hybridized carbons (Fsp3) is 0.263. The zero-order chi connectivity index (χ0) is 18.1. The van der Waals surface area contributed by atoms with Gasteiger partial charge in [0.05, 0.1) is 11.6 Å². The summed E-state index contributed by atoms with van der Waals surface area (Å²) >= 11 is 0. The highest BCUT2D eigenvalue weighted by Crippen LogP contribution is 2.25. The molecule has 0 unspecified atom stereocenters. The molecule has 7 heteroatoms. The van der Waals surface area contributed by atoms with Crippen LogP contribution in [-0.4, -0.2) is 50.1 Å². The number of aromatic amines is 1. The second kappa shape index (κ2) is 6.68. The molecule has 2 atom stereocenters. The number of H-pyrrole nitrogens is 1. The molecule has 0 bridgehead atoms. The van der Waals surface area contributed by atoms with E-state index in [1.165, 1.54) is 17.3 Å². The Balaban J connectivity index is 1.55. The maximum Gasteiger partial charge on any atom is 0.279 e. The number of aromatic nitrogens is 3. The van der Waals surface area contributed by atoms with Gasteiger partial charge in [-0.2, -0.15) is 0 Å². The molecule has 2 N–H and O–H groups in total. The Kier molecular flexibility index (Phi) is 4.22. The number of carbonyl (C=O) groups excluding carboxylic acids is 1. The second-order valence-corrected chi connectivity index (χ2v) is 6.50. The van der Waals surface area contributed by atoms with Crippen LogP contribution in [0.5, 0.6) is 0 Å². The first-order valence-electron chi connectivity index (χ1n) is 8.47. The molecule has 4 rings (SSSR count). The number of benzene rings is 1. The smallest absolute Gasteiger partial charge is 0.279 e. The molecule has 26 heavy (non-hydrogen) atoms. The maximum atomic E-state index is 12.5. The van der Waals surface area contributed by atoms with E-state index in [1.54, 1.807) is 6.20 Å². The molecule has 1 saturated heterocycles. The van der Waals surface area contributed by atoms with E-state index in [-0.39, 0.29) is 18.2 Å². The van der Waals surface area contributed by atoms with Crippen molar-refractivity contribution in [2.45, 2.75) is 12.5 Å². The summed E-state index contributed by atoms with van der Waals surface area (Å²) in [5.74, 6) is -0.555. The fourth-order valence-corrected chi connectivity index (χ4v) is 3.49. The second-order valence-electron chi connectivity index (χ2n) is 6.50. The van der Waals surface area contributed by atoms with Crippen LogP contribution in [0.2, 0.25) is 0 Å². The van der Waals surface area contributed by atoms with Gasteiger partial charge in [0, 0.05) is 43.0 Å². The number of nitrogens with zero attached hydrogens (tertiary/aromatic N) is 3. The van der Waals surface area contributed by atoms with Gasteiger partial charge in [-0.25, -0.2) is 4.98 Å². The minimum atomic E-state index is -0.645. The molecule has 132 valence electrons. The van der Waals surface area contributed by atoms with Crippen molar-refractivity contribution in [1.82, 2.24) is 19.9 Å². The van der Waals surface area contributed by atoms with Crippen LogP contribution in [0, 0.1) is 5.92 Å². The number of pyridine rings is 1. The van der Waals surface area contributed by atoms with Crippen LogP contribution in [0.3, 0.4) is 0 Å². The van der Waals surface area contributed by atoms with Gasteiger partial charge >= 0.3 is 0 Å². The van der Waals surface area contributed by atoms with Crippen LogP contribution in [0.15, 0.2) is 53.7 Å². The van der Waals surface area contributed by atoms with Crippen LogP contribution in [-0.2, 0) is 6.42 Å². The lowest BCUT2D eigenvalue weighted by Crippen LogP contribution is -2.34. The van der Waals surface area contributed by atoms with E-state index in [9.17, 15) is 14.7 Å². The molecular weight excluding hydrogens is 332 g/mol. The van der Waals surface area contributed by atoms with Crippen LogP contribution in [0.1, 0.15) is 16.1 Å². The fourth-order valence-electron chi connectivity index (χ4n) is 3.49. The minimum absolute atomic E-state index is 0.104. The average Bonchev–Trinajstić information content (AvgIpc) is 3.02. The van der Waals surface area contributed by atoms with Crippen LogP contribution in [0.4, 0.5) is 0 Å². The van der Waals surface area contributed by atoms with Crippen molar-refractivity contribution in [2.75, 3.05) is 13.1 Å². The molecular formula is C19H18N4O3. The zero-order valence-corrected chi connectivity index (χ0v) is 14.0. The van der Waals surface area contributed by atoms with E-state index < -0.39 is 17.6 Å². The number of fused-ring (bicyclic) bond motifs is 1. The van der Waals surface area contributed by atoms with Crippen molar-refractivity contribution in [2.24, 2.45) is 5.92 Å². The number of amides is 1. The molecule has 1 aliphatic heterocycles. The number of rotatable bonds is 3. The topological polar surface area (TPSA) is 99.2 Å². The highest BCUT2D eigenvalue weighted by atomic mass is 16.3. The minimum Gasteiger partial charge on any atom is -0.391 e. The third kappa shape index (κ3) is 2.97. The molecule has 7 nitrogen and oxygen atoms in total. The van der Waals surface area contributed by atoms with E-state index in [0.717, 1.165) is 16.5 Å². The number of aliphatic hydroxyl groups is 1. The number of nitrogens with one attached hydrogen (secondary N) is 1. The molecule has 3 aromatic rings. The molecule has 0 aliphatic carbocycles. The number of carbonyl (C=O) groups is 1. The number of hydrogen-bond donors (Lipinski definition) is 2. The molecule has 3 heterocycles. The van der Waals surface area contributed by atoms with Crippen molar-refractivity contribution in [3.63, 3.8) is 0 Å². The third-order valence-electron chi connectivity index (χ3n) is 4.83. The van der Waals surface area contributed by atoms with E-state index in [0.29, 0.717) is 13.0 Å². The Morgan fingerprint density at radius 3 is 2.88 bits per heavy atom. The predicted molar refractivity (Wildman–Crippen MR) is 95.7 cm³/mol. The Bertz CT molecular complexity index is 1010. The van der Waals surface area contributed by atoms with Gasteiger partial charge in [-0.15, -0.1) is 0 Å². The zero-order valence-electron chi connectivity index (χ0n) is 14.0. The van der Waals surface area contributed by atoms with E-state index in [2.05, 4.69) is 15.0 Å². The molecule has 1 amide bonds. The lowest BCUT2D eigenvalue weighted by molar-refractivity contribution is 0.0757. The molecule has 0 spiro atoms. The summed E-state index contributed by atoms with van der Waals surface area (Å²) in [7, 11) is 0. The highest BCUT2D eigenvalue weighted by molar-refractivity contribution is 5.92. The van der Waals surface area contributed by atoms with Gasteiger partial charge in [0.15, 0.2) is 5.69 Å². The summed E-state index contributed by atoms with van der Waals surface area (Å²) in [5, 5.41) is 11.5. The first-order valence-corrected chi connectivity index (χ1v) is 8.47. The maximum absolute atomic E-state index is 12.5. The summed E-state index contributed by atoms with van der Waals surface area (Å²) in [4.78, 5) is 36.5. The SMILES string of the molecule is O=C(c1ncc[nH]c1=O)N1C[C@@H](Cc2ccnc3ccccc23)[C@H](O)C1. The Labute approximate surface area is 149 Å². The van der Waals surface area contributed by atoms with Gasteiger partial charge < -0.3 is 15.0 Å². The molecule has 0 radical (unpaired) electrons. The number of aliphatic hydroxyl groups excluding tert-OH is 1. The van der Waals surface area contributed by atoms with E-state index >= 15 is 0 Å². The van der Waals surface area contributed by atoms with Gasteiger partial charge in [0.2, 0.25) is 0 Å². The first kappa shape index (κ1) is 16.4. The average molecular weight is 350 g/mol. The summed E-state index contributed by atoms with van der Waals surface area (Å²) in [6.07, 6.45) is 4.51. The normalized spacial score (nSPS) is 19.8. The standard InChI is InChI=1S/C19H18N4O3/c24-16-11-23(19(26)17-18(25)22-8-7-21-17)10-13(16)9-12-5-6-20-15-4-2-1-3-14(12)15/h1-8,13,16,24H,9-11H2,(H,22,25)/t13-,16-/m1/s1. The molecule has 0 saturated carbocycles. The van der Waals surface area contributed by atoms with E-state index in [1.807, 2.05) is 30.3 Å². The number of β-amino-alcohol motifs (C(OH)–C–C–N with tert-alkyl or cyclic N) is 1. The van der Waals surface area contributed by atoms with Crippen LogP contribution >= 0.6 is 0 Å². The lowest BCUT2D eigenvalue weighted by atomic mass is 9.94. The van der Waals surface area contributed by atoms with Crippen molar-refractivity contribution < 1.29 is 9.90 Å². The number of likely N-dealkylation sites (tertiary alicyclic amines) is 1. The summed E-state index contributed by atoms with van der Waals surface area (Å²) in [6, 6.07) is 9.81. The van der Waals surface area contributed by atoms with Gasteiger partial charge in [-0.3, -0.25) is 14.6 Å². The Morgan fingerprint density at radius 1 is 1.19 bits per heavy atom. The number of hydrogen-bond acceptors (Lipinski definition) is 5. The monoisotopic (exact) mass is 350 g/mol. The van der Waals surface area contributed by atoms with Crippen molar-refractivity contribution in [1.29, 1.82) is 0 Å². The molecule has 1 fully saturated rings.